The molecule has 0 aromatic carbocycles. The zero-order chi connectivity index (χ0) is 9.68. The smallest absolute Gasteiger partial charge is 0.228 e. The molecule has 1 amide bonds. The van der Waals surface area contributed by atoms with E-state index in [1.54, 1.807) is 4.90 Å². The molecule has 3 heteroatoms. The van der Waals surface area contributed by atoms with Gasteiger partial charge < -0.3 is 9.64 Å². The Morgan fingerprint density at radius 2 is 2.54 bits per heavy atom. The Hall–Kier alpha value is -1.01. The van der Waals surface area contributed by atoms with E-state index < -0.39 is 0 Å². The molecule has 3 nitrogen and oxygen atoms in total. The summed E-state index contributed by atoms with van der Waals surface area (Å²) in [6, 6.07) is 0. The zero-order valence-electron chi connectivity index (χ0n) is 7.95. The number of terminal acetylenes is 1. The molecule has 1 aliphatic rings. The van der Waals surface area contributed by atoms with Gasteiger partial charge in [0.15, 0.2) is 0 Å². The lowest BCUT2D eigenvalue weighted by Gasteiger charge is -2.20. The highest BCUT2D eigenvalue weighted by Gasteiger charge is 2.26. The van der Waals surface area contributed by atoms with Crippen LogP contribution in [-0.2, 0) is 9.53 Å². The number of carbonyl (C=O) groups is 1. The van der Waals surface area contributed by atoms with Crippen molar-refractivity contribution in [2.75, 3.05) is 26.3 Å². The molecule has 0 N–H and O–H groups in total. The predicted molar refractivity (Wildman–Crippen MR) is 50.0 cm³/mol. The summed E-state index contributed by atoms with van der Waals surface area (Å²) in [4.78, 5) is 13.4. The highest BCUT2D eigenvalue weighted by molar-refractivity contribution is 5.79. The average molecular weight is 181 g/mol. The summed E-state index contributed by atoms with van der Waals surface area (Å²) in [5.41, 5.74) is 0. The van der Waals surface area contributed by atoms with E-state index in [0.717, 1.165) is 6.42 Å². The zero-order valence-corrected chi connectivity index (χ0v) is 7.95. The van der Waals surface area contributed by atoms with Crippen LogP contribution in [0.1, 0.15) is 13.3 Å². The molecule has 0 radical (unpaired) electrons. The van der Waals surface area contributed by atoms with Gasteiger partial charge in [0.25, 0.3) is 0 Å². The predicted octanol–water partition coefficient (Wildman–Crippen LogP) is 0.505. The van der Waals surface area contributed by atoms with E-state index in [2.05, 4.69) is 5.92 Å². The van der Waals surface area contributed by atoms with Crippen molar-refractivity contribution in [2.24, 2.45) is 5.92 Å². The Morgan fingerprint density at radius 3 is 3.00 bits per heavy atom. The van der Waals surface area contributed by atoms with Gasteiger partial charge in [0, 0.05) is 13.2 Å². The normalized spacial score (nSPS) is 21.1. The molecule has 1 atom stereocenters. The van der Waals surface area contributed by atoms with Crippen molar-refractivity contribution < 1.29 is 9.53 Å². The molecule has 0 saturated carbocycles. The van der Waals surface area contributed by atoms with Crippen molar-refractivity contribution in [1.82, 2.24) is 4.90 Å². The van der Waals surface area contributed by atoms with Crippen LogP contribution in [0.2, 0.25) is 0 Å². The molecular weight excluding hydrogens is 166 g/mol. The molecule has 0 aliphatic carbocycles. The van der Waals surface area contributed by atoms with Gasteiger partial charge in [-0.15, -0.1) is 6.42 Å². The summed E-state index contributed by atoms with van der Waals surface area (Å²) in [7, 11) is 0. The number of amides is 1. The summed E-state index contributed by atoms with van der Waals surface area (Å²) < 4.78 is 5.15. The summed E-state index contributed by atoms with van der Waals surface area (Å²) in [5.74, 6) is 2.66. The number of nitrogens with zero attached hydrogens (tertiary/aromatic N) is 1. The molecule has 1 saturated heterocycles. The first-order valence-electron chi connectivity index (χ1n) is 4.59. The third-order valence-electron chi connectivity index (χ3n) is 2.25. The third-order valence-corrected chi connectivity index (χ3v) is 2.25. The minimum atomic E-state index is 0.0355. The van der Waals surface area contributed by atoms with Gasteiger partial charge in [-0.3, -0.25) is 4.79 Å². The van der Waals surface area contributed by atoms with Crippen molar-refractivity contribution in [3.8, 4) is 12.3 Å². The van der Waals surface area contributed by atoms with E-state index >= 15 is 0 Å². The molecule has 1 heterocycles. The largest absolute Gasteiger partial charge is 0.381 e. The van der Waals surface area contributed by atoms with Gasteiger partial charge in [0.1, 0.15) is 0 Å². The molecule has 0 aromatic rings. The van der Waals surface area contributed by atoms with Gasteiger partial charge in [-0.1, -0.05) is 5.92 Å². The van der Waals surface area contributed by atoms with Crippen molar-refractivity contribution in [3.05, 3.63) is 0 Å². The maximum atomic E-state index is 11.7. The fraction of sp³-hybridized carbons (Fsp3) is 0.700. The third kappa shape index (κ3) is 2.46. The lowest BCUT2D eigenvalue weighted by molar-refractivity contribution is -0.134. The quantitative estimate of drug-likeness (QED) is 0.593. The second-order valence-electron chi connectivity index (χ2n) is 3.12. The van der Waals surface area contributed by atoms with Gasteiger partial charge in [-0.05, 0) is 13.3 Å². The van der Waals surface area contributed by atoms with Crippen LogP contribution >= 0.6 is 0 Å². The Kier molecular flexibility index (Phi) is 3.78. The molecule has 0 aromatic heterocycles. The van der Waals surface area contributed by atoms with E-state index in [1.807, 2.05) is 6.92 Å². The lowest BCUT2D eigenvalue weighted by atomic mass is 10.1. The second kappa shape index (κ2) is 4.88. The summed E-state index contributed by atoms with van der Waals surface area (Å²) in [6.45, 7) is 4.28. The van der Waals surface area contributed by atoms with Crippen LogP contribution in [0.15, 0.2) is 0 Å². The van der Waals surface area contributed by atoms with Crippen LogP contribution in [0.4, 0.5) is 0 Å². The Morgan fingerprint density at radius 1 is 1.77 bits per heavy atom. The Balaban J connectivity index is 2.48. The molecule has 1 rings (SSSR count). The minimum absolute atomic E-state index is 0.0355. The fourth-order valence-electron chi connectivity index (χ4n) is 1.44. The van der Waals surface area contributed by atoms with Crippen LogP contribution in [0, 0.1) is 18.3 Å². The van der Waals surface area contributed by atoms with E-state index in [9.17, 15) is 4.79 Å². The molecular formula is C10H15NO2. The number of hydrogen-bond acceptors (Lipinski definition) is 2. The SMILES string of the molecule is C#CCN(CC)C(=O)C1CCOC1. The summed E-state index contributed by atoms with van der Waals surface area (Å²) >= 11 is 0. The molecule has 72 valence electrons. The van der Waals surface area contributed by atoms with E-state index in [1.165, 1.54) is 0 Å². The monoisotopic (exact) mass is 181 g/mol. The van der Waals surface area contributed by atoms with Crippen molar-refractivity contribution in [1.29, 1.82) is 0 Å². The maximum Gasteiger partial charge on any atom is 0.228 e. The highest BCUT2D eigenvalue weighted by atomic mass is 16.5. The molecule has 13 heavy (non-hydrogen) atoms. The minimum Gasteiger partial charge on any atom is -0.381 e. The lowest BCUT2D eigenvalue weighted by Crippen LogP contribution is -2.36. The van der Waals surface area contributed by atoms with Gasteiger partial charge in [0.05, 0.1) is 19.1 Å². The van der Waals surface area contributed by atoms with Gasteiger partial charge >= 0.3 is 0 Å². The summed E-state index contributed by atoms with van der Waals surface area (Å²) in [5, 5.41) is 0. The van der Waals surface area contributed by atoms with Gasteiger partial charge in [0.2, 0.25) is 5.91 Å². The van der Waals surface area contributed by atoms with Crippen LogP contribution in [0.5, 0.6) is 0 Å². The van der Waals surface area contributed by atoms with Crippen LogP contribution < -0.4 is 0 Å². The van der Waals surface area contributed by atoms with E-state index in [0.29, 0.717) is 26.3 Å². The van der Waals surface area contributed by atoms with E-state index in [4.69, 9.17) is 11.2 Å². The van der Waals surface area contributed by atoms with Crippen LogP contribution in [0.25, 0.3) is 0 Å². The first-order valence-corrected chi connectivity index (χ1v) is 4.59. The molecule has 0 spiro atoms. The molecule has 1 fully saturated rings. The number of hydrogen-bond donors (Lipinski definition) is 0. The van der Waals surface area contributed by atoms with Crippen molar-refractivity contribution >= 4 is 5.91 Å². The molecule has 0 bridgehead atoms. The Bertz CT molecular complexity index is 213. The fourth-order valence-corrected chi connectivity index (χ4v) is 1.44. The number of ether oxygens (including phenoxy) is 1. The maximum absolute atomic E-state index is 11.7. The van der Waals surface area contributed by atoms with Gasteiger partial charge in [-0.25, -0.2) is 0 Å². The first kappa shape index (κ1) is 10.1. The molecule has 1 aliphatic heterocycles. The number of rotatable bonds is 3. The van der Waals surface area contributed by atoms with Crippen LogP contribution in [-0.4, -0.2) is 37.1 Å². The summed E-state index contributed by atoms with van der Waals surface area (Å²) in [6.07, 6.45) is 6.00. The van der Waals surface area contributed by atoms with Crippen molar-refractivity contribution in [2.45, 2.75) is 13.3 Å². The second-order valence-corrected chi connectivity index (χ2v) is 3.12. The van der Waals surface area contributed by atoms with Gasteiger partial charge in [-0.2, -0.15) is 0 Å². The topological polar surface area (TPSA) is 29.5 Å². The average Bonchev–Trinajstić information content (AvgIpc) is 2.65. The standard InChI is InChI=1S/C10H15NO2/c1-3-6-11(4-2)10(12)9-5-7-13-8-9/h1,9H,4-8H2,2H3. The number of carbonyl (C=O) groups excluding carboxylic acids is 1. The Labute approximate surface area is 79.1 Å². The first-order chi connectivity index (χ1) is 6.29. The molecule has 1 unspecified atom stereocenters. The highest BCUT2D eigenvalue weighted by Crippen LogP contribution is 2.15. The van der Waals surface area contributed by atoms with E-state index in [-0.39, 0.29) is 11.8 Å². The van der Waals surface area contributed by atoms with Crippen molar-refractivity contribution in [3.63, 3.8) is 0 Å². The van der Waals surface area contributed by atoms with Crippen LogP contribution in [0.3, 0.4) is 0 Å².